The largest absolute Gasteiger partial charge is 0.366 e. The molecule has 1 N–H and O–H groups in total. The number of nitro benzene ring substituents is 1. The molecular formula is C26H25N5O5S. The summed E-state index contributed by atoms with van der Waals surface area (Å²) >= 11 is 1.41. The van der Waals surface area contributed by atoms with Crippen LogP contribution in [-0.4, -0.2) is 45.3 Å². The van der Waals surface area contributed by atoms with Gasteiger partial charge in [-0.15, -0.1) is 11.3 Å². The topological polar surface area (TPSA) is 118 Å². The molecule has 0 radical (unpaired) electrons. The van der Waals surface area contributed by atoms with Crippen LogP contribution in [0.3, 0.4) is 0 Å². The minimum atomic E-state index is -0.757. The summed E-state index contributed by atoms with van der Waals surface area (Å²) in [6.07, 6.45) is 3.49. The zero-order valence-corrected chi connectivity index (χ0v) is 21.2. The van der Waals surface area contributed by atoms with E-state index in [2.05, 4.69) is 5.32 Å². The minimum absolute atomic E-state index is 0.0383. The molecule has 2 aliphatic heterocycles. The zero-order valence-electron chi connectivity index (χ0n) is 20.4. The van der Waals surface area contributed by atoms with Crippen molar-refractivity contribution in [1.29, 1.82) is 0 Å². The molecule has 2 aliphatic rings. The van der Waals surface area contributed by atoms with Gasteiger partial charge in [-0.2, -0.15) is 0 Å². The van der Waals surface area contributed by atoms with Crippen LogP contribution >= 0.6 is 11.3 Å². The van der Waals surface area contributed by atoms with Crippen LogP contribution in [0.2, 0.25) is 0 Å². The van der Waals surface area contributed by atoms with Gasteiger partial charge in [0.05, 0.1) is 17.2 Å². The van der Waals surface area contributed by atoms with Gasteiger partial charge in [-0.25, -0.2) is 4.79 Å². The van der Waals surface area contributed by atoms with Crippen LogP contribution in [0.4, 0.5) is 16.2 Å². The zero-order chi connectivity index (χ0) is 26.3. The van der Waals surface area contributed by atoms with Crippen LogP contribution < -0.4 is 10.2 Å². The van der Waals surface area contributed by atoms with Gasteiger partial charge >= 0.3 is 6.03 Å². The molecule has 0 saturated carbocycles. The van der Waals surface area contributed by atoms with Gasteiger partial charge in [0.15, 0.2) is 0 Å². The Hall–Kier alpha value is -4.25. The summed E-state index contributed by atoms with van der Waals surface area (Å²) in [5.74, 6) is -1.43. The number of imide groups is 2. The number of benzene rings is 1. The van der Waals surface area contributed by atoms with Crippen LogP contribution in [0.15, 0.2) is 47.4 Å². The number of carbonyl (C=O) groups is 3. The van der Waals surface area contributed by atoms with Crippen LogP contribution in [0.1, 0.15) is 34.7 Å². The van der Waals surface area contributed by atoms with Crippen LogP contribution in [0.5, 0.6) is 0 Å². The Morgan fingerprint density at radius 1 is 1.11 bits per heavy atom. The third-order valence-corrected chi connectivity index (χ3v) is 7.57. The lowest BCUT2D eigenvalue weighted by Crippen LogP contribution is -2.53. The van der Waals surface area contributed by atoms with E-state index in [-0.39, 0.29) is 22.7 Å². The van der Waals surface area contributed by atoms with Crippen molar-refractivity contribution in [2.24, 2.45) is 0 Å². The van der Waals surface area contributed by atoms with Crippen molar-refractivity contribution in [1.82, 2.24) is 14.8 Å². The lowest BCUT2D eigenvalue weighted by molar-refractivity contribution is -0.384. The van der Waals surface area contributed by atoms with Gasteiger partial charge in [0.2, 0.25) is 0 Å². The van der Waals surface area contributed by atoms with E-state index in [0.29, 0.717) is 22.6 Å². The van der Waals surface area contributed by atoms with E-state index in [1.165, 1.54) is 17.4 Å². The molecule has 4 amide bonds. The second-order valence-electron chi connectivity index (χ2n) is 9.07. The van der Waals surface area contributed by atoms with E-state index < -0.39 is 17.8 Å². The molecule has 3 aromatic rings. The predicted molar refractivity (Wildman–Crippen MR) is 140 cm³/mol. The maximum Gasteiger partial charge on any atom is 0.331 e. The highest BCUT2D eigenvalue weighted by atomic mass is 32.1. The first kappa shape index (κ1) is 24.4. The lowest BCUT2D eigenvalue weighted by atomic mass is 10.1. The van der Waals surface area contributed by atoms with E-state index in [1.54, 1.807) is 12.1 Å². The second kappa shape index (κ2) is 9.66. The highest BCUT2D eigenvalue weighted by Gasteiger charge is 2.36. The second-order valence-corrected chi connectivity index (χ2v) is 10.1. The molecule has 4 heterocycles. The Bertz CT molecular complexity index is 1450. The molecule has 0 aliphatic carbocycles. The smallest absolute Gasteiger partial charge is 0.331 e. The summed E-state index contributed by atoms with van der Waals surface area (Å²) < 4.78 is 1.85. The van der Waals surface area contributed by atoms with Gasteiger partial charge in [0, 0.05) is 35.4 Å². The van der Waals surface area contributed by atoms with Crippen LogP contribution in [0.25, 0.3) is 11.8 Å². The maximum absolute atomic E-state index is 13.1. The molecule has 2 saturated heterocycles. The van der Waals surface area contributed by atoms with Gasteiger partial charge in [-0.3, -0.25) is 29.9 Å². The number of amides is 4. The Labute approximate surface area is 216 Å². The SMILES string of the molecule is Cc1cc(C=C2C(=O)NC(=O)N(Cc3cccs3)C2=O)c(C)n1-c1ccc(N2CCCC2)c([N+](=O)[O-])c1. The van der Waals surface area contributed by atoms with Gasteiger partial charge in [0.1, 0.15) is 11.3 Å². The Morgan fingerprint density at radius 2 is 1.86 bits per heavy atom. The van der Waals surface area contributed by atoms with E-state index >= 15 is 0 Å². The number of hydrogen-bond donors (Lipinski definition) is 1. The van der Waals surface area contributed by atoms with Gasteiger partial charge in [0.25, 0.3) is 17.5 Å². The molecule has 10 nitrogen and oxygen atoms in total. The number of nitro groups is 1. The molecule has 2 aromatic heterocycles. The van der Waals surface area contributed by atoms with Crippen LogP contribution in [-0.2, 0) is 16.1 Å². The fourth-order valence-electron chi connectivity index (χ4n) is 4.91. The summed E-state index contributed by atoms with van der Waals surface area (Å²) in [5, 5.41) is 16.0. The van der Waals surface area contributed by atoms with Crippen molar-refractivity contribution in [2.75, 3.05) is 18.0 Å². The minimum Gasteiger partial charge on any atom is -0.366 e. The highest BCUT2D eigenvalue weighted by Crippen LogP contribution is 2.34. The molecule has 0 bridgehead atoms. The molecular weight excluding hydrogens is 494 g/mol. The van der Waals surface area contributed by atoms with Gasteiger partial charge in [-0.1, -0.05) is 6.07 Å². The normalized spacial score (nSPS) is 17.1. The van der Waals surface area contributed by atoms with E-state index in [0.717, 1.165) is 41.4 Å². The molecule has 0 spiro atoms. The number of hydrogen-bond acceptors (Lipinski definition) is 7. The van der Waals surface area contributed by atoms with Crippen molar-refractivity contribution in [3.8, 4) is 5.69 Å². The number of aryl methyl sites for hydroxylation is 1. The number of carbonyl (C=O) groups excluding carboxylic acids is 3. The van der Waals surface area contributed by atoms with Crippen LogP contribution in [0, 0.1) is 24.0 Å². The Balaban J connectivity index is 1.50. The summed E-state index contributed by atoms with van der Waals surface area (Å²) in [6, 6.07) is 9.88. The molecule has 0 atom stereocenters. The average molecular weight is 520 g/mol. The van der Waals surface area contributed by atoms with Crippen molar-refractivity contribution >= 4 is 46.6 Å². The molecule has 5 rings (SSSR count). The Morgan fingerprint density at radius 3 is 2.54 bits per heavy atom. The summed E-state index contributed by atoms with van der Waals surface area (Å²) in [7, 11) is 0. The summed E-state index contributed by atoms with van der Waals surface area (Å²) in [5.41, 5.74) is 3.20. The number of rotatable bonds is 6. The Kier molecular flexibility index (Phi) is 6.38. The predicted octanol–water partition coefficient (Wildman–Crippen LogP) is 4.33. The number of barbiturate groups is 1. The van der Waals surface area contributed by atoms with Crippen molar-refractivity contribution in [3.63, 3.8) is 0 Å². The van der Waals surface area contributed by atoms with Gasteiger partial charge in [-0.05, 0) is 68.0 Å². The number of urea groups is 1. The molecule has 37 heavy (non-hydrogen) atoms. The summed E-state index contributed by atoms with van der Waals surface area (Å²) in [6.45, 7) is 5.33. The molecule has 190 valence electrons. The van der Waals surface area contributed by atoms with Crippen molar-refractivity contribution in [2.45, 2.75) is 33.2 Å². The standard InChI is InChI=1S/C26H25N5O5S/c1-16-12-18(13-21-24(32)27-26(34)29(25(21)33)15-20-6-5-11-37-20)17(2)30(16)19-7-8-22(23(14-19)31(35)36)28-9-3-4-10-28/h5-8,11-14H,3-4,9-10,15H2,1-2H3,(H,27,32,34). The van der Waals surface area contributed by atoms with E-state index in [1.807, 2.05) is 53.0 Å². The third kappa shape index (κ3) is 4.53. The molecule has 2 fully saturated rings. The number of aromatic nitrogens is 1. The average Bonchev–Trinajstić information content (AvgIpc) is 3.62. The van der Waals surface area contributed by atoms with Gasteiger partial charge < -0.3 is 9.47 Å². The summed E-state index contributed by atoms with van der Waals surface area (Å²) in [4.78, 5) is 53.5. The van der Waals surface area contributed by atoms with Crippen molar-refractivity contribution < 1.29 is 19.3 Å². The number of nitrogens with one attached hydrogen (secondary N) is 1. The number of thiophene rings is 1. The van der Waals surface area contributed by atoms with Crippen molar-refractivity contribution in [3.05, 3.63) is 79.3 Å². The highest BCUT2D eigenvalue weighted by molar-refractivity contribution is 7.09. The molecule has 0 unspecified atom stereocenters. The van der Waals surface area contributed by atoms with E-state index in [4.69, 9.17) is 0 Å². The first-order chi connectivity index (χ1) is 17.7. The third-order valence-electron chi connectivity index (χ3n) is 6.71. The number of nitrogens with zero attached hydrogens (tertiary/aromatic N) is 4. The lowest BCUT2D eigenvalue weighted by Gasteiger charge is -2.25. The quantitative estimate of drug-likeness (QED) is 0.224. The fourth-order valence-corrected chi connectivity index (χ4v) is 5.60. The molecule has 11 heteroatoms. The van der Waals surface area contributed by atoms with E-state index in [9.17, 15) is 24.5 Å². The fraction of sp³-hybridized carbons (Fsp3) is 0.269. The number of anilines is 1. The molecule has 1 aromatic carbocycles. The first-order valence-electron chi connectivity index (χ1n) is 11.9. The monoisotopic (exact) mass is 519 g/mol. The first-order valence-corrected chi connectivity index (χ1v) is 12.8. The maximum atomic E-state index is 13.1.